The van der Waals surface area contributed by atoms with E-state index in [-0.39, 0.29) is 18.6 Å². The number of hydrogen-bond donors (Lipinski definition) is 1. The molecule has 3 atom stereocenters. The summed E-state index contributed by atoms with van der Waals surface area (Å²) < 4.78 is 38.0. The molecule has 0 amide bonds. The molecule has 0 saturated carbocycles. The second-order valence-corrected chi connectivity index (χ2v) is 7.29. The van der Waals surface area contributed by atoms with Crippen LogP contribution in [-0.2, 0) is 29.7 Å². The van der Waals surface area contributed by atoms with Gasteiger partial charge in [-0.15, -0.1) is 0 Å². The van der Waals surface area contributed by atoms with E-state index in [0.717, 1.165) is 17.0 Å². The Hall–Kier alpha value is -0.810. The third-order valence-electron chi connectivity index (χ3n) is 3.66. The van der Waals surface area contributed by atoms with Crippen LogP contribution in [0, 0.1) is 0 Å². The summed E-state index contributed by atoms with van der Waals surface area (Å²) in [5.41, 5.74) is 3.18. The van der Waals surface area contributed by atoms with E-state index in [1.54, 1.807) is 0 Å². The molecule has 0 radical (unpaired) electrons. The summed E-state index contributed by atoms with van der Waals surface area (Å²) in [5.74, 6) is 0.184. The number of allylic oxidation sites excluding steroid dienone is 1. The van der Waals surface area contributed by atoms with E-state index < -0.39 is 16.5 Å². The average molecular weight is 347 g/mol. The quantitative estimate of drug-likeness (QED) is 0.762. The van der Waals surface area contributed by atoms with Crippen LogP contribution < -0.4 is 0 Å². The van der Waals surface area contributed by atoms with Gasteiger partial charge in [0, 0.05) is 24.4 Å². The molecule has 1 saturated heterocycles. The lowest BCUT2D eigenvalue weighted by Crippen LogP contribution is -2.13. The van der Waals surface area contributed by atoms with E-state index >= 15 is 0 Å². The van der Waals surface area contributed by atoms with Crippen molar-refractivity contribution in [1.82, 2.24) is 4.57 Å². The van der Waals surface area contributed by atoms with Gasteiger partial charge < -0.3 is 14.2 Å². The monoisotopic (exact) mass is 347 g/mol. The largest absolute Gasteiger partial charge is 0.482 e. The number of phosphoric ester groups is 1. The molecule has 0 spiro atoms. The van der Waals surface area contributed by atoms with E-state index in [1.807, 2.05) is 26.1 Å². The van der Waals surface area contributed by atoms with Crippen molar-refractivity contribution < 1.29 is 27.6 Å². The SMILES string of the molecule is C=C(C)c1ccc(C2COC(COP(=O)(O)OP=O)C2)n1C. The van der Waals surface area contributed by atoms with E-state index in [4.69, 9.17) is 9.26 Å². The second kappa shape index (κ2) is 7.18. The molecule has 1 aromatic heterocycles. The van der Waals surface area contributed by atoms with Crippen molar-refractivity contribution in [2.75, 3.05) is 13.2 Å². The highest BCUT2D eigenvalue weighted by Gasteiger charge is 2.32. The first-order valence-corrected chi connectivity index (χ1v) is 8.98. The predicted octanol–water partition coefficient (Wildman–Crippen LogP) is 3.27. The van der Waals surface area contributed by atoms with Crippen molar-refractivity contribution in [3.05, 3.63) is 30.1 Å². The zero-order valence-corrected chi connectivity index (χ0v) is 14.3. The summed E-state index contributed by atoms with van der Waals surface area (Å²) in [7, 11) is -3.19. The van der Waals surface area contributed by atoms with Crippen molar-refractivity contribution in [1.29, 1.82) is 0 Å². The number of phosphoric acid groups is 1. The number of nitrogens with zero attached hydrogens (tertiary/aromatic N) is 1. The summed E-state index contributed by atoms with van der Waals surface area (Å²) >= 11 is 0. The zero-order chi connectivity index (χ0) is 16.3. The minimum Gasteiger partial charge on any atom is -0.375 e. The molecule has 0 bridgehead atoms. The van der Waals surface area contributed by atoms with Crippen LogP contribution >= 0.6 is 16.5 Å². The number of hydrogen-bond acceptors (Lipinski definition) is 5. The molecular formula is C13H19NO6P2. The van der Waals surface area contributed by atoms with E-state index in [9.17, 15) is 14.0 Å². The molecule has 7 nitrogen and oxygen atoms in total. The Kier molecular flexibility index (Phi) is 5.72. The van der Waals surface area contributed by atoms with Gasteiger partial charge in [0.25, 0.3) is 0 Å². The molecular weight excluding hydrogens is 328 g/mol. The Morgan fingerprint density at radius 3 is 2.95 bits per heavy atom. The van der Waals surface area contributed by atoms with Crippen LogP contribution in [0.25, 0.3) is 5.57 Å². The summed E-state index contributed by atoms with van der Waals surface area (Å²) in [6.45, 7) is 6.32. The molecule has 122 valence electrons. The third kappa shape index (κ3) is 4.13. The highest BCUT2D eigenvalue weighted by molar-refractivity contribution is 7.52. The minimum absolute atomic E-state index is 0.0858. The first-order valence-electron chi connectivity index (χ1n) is 6.76. The molecule has 9 heteroatoms. The van der Waals surface area contributed by atoms with Gasteiger partial charge in [0.15, 0.2) is 0 Å². The summed E-state index contributed by atoms with van der Waals surface area (Å²) in [5, 5.41) is 0. The van der Waals surface area contributed by atoms with Gasteiger partial charge in [-0.1, -0.05) is 6.58 Å². The highest BCUT2D eigenvalue weighted by atomic mass is 31.2. The van der Waals surface area contributed by atoms with Crippen molar-refractivity contribution in [2.45, 2.75) is 25.4 Å². The Morgan fingerprint density at radius 1 is 1.64 bits per heavy atom. The maximum absolute atomic E-state index is 11.3. The molecule has 3 unspecified atom stereocenters. The normalized spacial score (nSPS) is 24.5. The van der Waals surface area contributed by atoms with Gasteiger partial charge in [0.05, 0.1) is 19.3 Å². The summed E-state index contributed by atoms with van der Waals surface area (Å²) in [4.78, 5) is 9.20. The highest BCUT2D eigenvalue weighted by Crippen LogP contribution is 2.47. The maximum atomic E-state index is 11.3. The summed E-state index contributed by atoms with van der Waals surface area (Å²) in [6.07, 6.45) is 0.364. The fourth-order valence-electron chi connectivity index (χ4n) is 2.64. The molecule has 0 aliphatic carbocycles. The first kappa shape index (κ1) is 17.5. The van der Waals surface area contributed by atoms with Gasteiger partial charge in [-0.25, -0.2) is 9.13 Å². The van der Waals surface area contributed by atoms with Crippen LogP contribution in [0.4, 0.5) is 0 Å². The van der Waals surface area contributed by atoms with Gasteiger partial charge in [0.1, 0.15) is 0 Å². The molecule has 0 aromatic carbocycles. The second-order valence-electron chi connectivity index (χ2n) is 5.29. The topological polar surface area (TPSA) is 87.0 Å². The van der Waals surface area contributed by atoms with Crippen molar-refractivity contribution in [2.24, 2.45) is 7.05 Å². The Morgan fingerprint density at radius 2 is 2.36 bits per heavy atom. The lowest BCUT2D eigenvalue weighted by molar-refractivity contribution is 0.0560. The maximum Gasteiger partial charge on any atom is 0.482 e. The Bertz CT molecular complexity index is 614. The smallest absolute Gasteiger partial charge is 0.375 e. The molecule has 2 rings (SSSR count). The van der Waals surface area contributed by atoms with Crippen LogP contribution in [0.2, 0.25) is 0 Å². The Labute approximate surface area is 130 Å². The lowest BCUT2D eigenvalue weighted by Gasteiger charge is -2.13. The molecule has 2 heterocycles. The van der Waals surface area contributed by atoms with Gasteiger partial charge in [-0.3, -0.25) is 4.52 Å². The van der Waals surface area contributed by atoms with Gasteiger partial charge in [0.2, 0.25) is 0 Å². The molecule has 1 fully saturated rings. The fourth-order valence-corrected chi connectivity index (χ4v) is 3.52. The van der Waals surface area contributed by atoms with Gasteiger partial charge >= 0.3 is 16.5 Å². The average Bonchev–Trinajstić information content (AvgIpc) is 3.02. The molecule has 22 heavy (non-hydrogen) atoms. The van der Waals surface area contributed by atoms with Crippen molar-refractivity contribution in [3.63, 3.8) is 0 Å². The molecule has 1 N–H and O–H groups in total. The Balaban J connectivity index is 1.94. The number of ether oxygens (including phenoxy) is 1. The van der Waals surface area contributed by atoms with Crippen LogP contribution in [0.1, 0.15) is 30.7 Å². The number of rotatable bonds is 7. The standard InChI is InChI=1S/C13H19NO6P2/c1-9(2)12-4-5-13(14(12)3)10-6-11(18-7-10)8-19-22(16,17)20-21-15/h4-5,10-11H,1,6-8H2,2-3H3,(H,16,17). The van der Waals surface area contributed by atoms with Crippen LogP contribution in [0.15, 0.2) is 18.7 Å². The van der Waals surface area contributed by atoms with E-state index in [0.29, 0.717) is 13.0 Å². The third-order valence-corrected chi connectivity index (χ3v) is 5.22. The van der Waals surface area contributed by atoms with Crippen LogP contribution in [0.5, 0.6) is 0 Å². The predicted molar refractivity (Wildman–Crippen MR) is 81.7 cm³/mol. The zero-order valence-electron chi connectivity index (χ0n) is 12.5. The van der Waals surface area contributed by atoms with Crippen molar-refractivity contribution >= 4 is 22.1 Å². The number of aromatic nitrogens is 1. The lowest BCUT2D eigenvalue weighted by atomic mass is 10.0. The van der Waals surface area contributed by atoms with Crippen LogP contribution in [-0.4, -0.2) is 28.8 Å². The van der Waals surface area contributed by atoms with E-state index in [2.05, 4.69) is 15.5 Å². The molecule has 1 aliphatic rings. The van der Waals surface area contributed by atoms with Gasteiger partial charge in [-0.2, -0.15) is 4.31 Å². The molecule has 1 aromatic rings. The minimum atomic E-state index is -4.28. The fraction of sp³-hybridized carbons (Fsp3) is 0.538. The van der Waals surface area contributed by atoms with Crippen molar-refractivity contribution in [3.8, 4) is 0 Å². The van der Waals surface area contributed by atoms with Crippen LogP contribution in [0.3, 0.4) is 0 Å². The summed E-state index contributed by atoms with van der Waals surface area (Å²) in [6, 6.07) is 4.06. The molecule has 1 aliphatic heterocycles. The van der Waals surface area contributed by atoms with E-state index in [1.165, 1.54) is 0 Å². The first-order chi connectivity index (χ1) is 10.3. The van der Waals surface area contributed by atoms with Gasteiger partial charge in [-0.05, 0) is 31.1 Å².